The van der Waals surface area contributed by atoms with Crippen molar-refractivity contribution in [3.05, 3.63) is 59.3 Å². The molecule has 6 nitrogen and oxygen atoms in total. The average molecular weight is 286 g/mol. The zero-order valence-electron chi connectivity index (χ0n) is 11.8. The molecule has 2 aromatic rings. The van der Waals surface area contributed by atoms with E-state index >= 15 is 0 Å². The molecule has 6 heteroatoms. The number of methoxy groups -OCH3 is 1. The molecule has 110 valence electrons. The van der Waals surface area contributed by atoms with Gasteiger partial charge in [-0.25, -0.2) is 4.98 Å². The van der Waals surface area contributed by atoms with Gasteiger partial charge in [-0.1, -0.05) is 35.5 Å². The van der Waals surface area contributed by atoms with Gasteiger partial charge < -0.3 is 21.0 Å². The molecular formula is C15H18N4O2. The molecule has 4 N–H and O–H groups in total. The van der Waals surface area contributed by atoms with Crippen LogP contribution in [0.25, 0.3) is 0 Å². The summed E-state index contributed by atoms with van der Waals surface area (Å²) >= 11 is 0. The minimum atomic E-state index is 0.110. The maximum Gasteiger partial charge on any atom is 0.212 e. The molecule has 0 fully saturated rings. The Bertz CT molecular complexity index is 611. The summed E-state index contributed by atoms with van der Waals surface area (Å²) in [5.74, 6) is 0.703. The average Bonchev–Trinajstić information content (AvgIpc) is 2.55. The van der Waals surface area contributed by atoms with Crippen molar-refractivity contribution < 1.29 is 9.94 Å². The van der Waals surface area contributed by atoms with Crippen molar-refractivity contribution in [2.75, 3.05) is 7.11 Å². The fourth-order valence-electron chi connectivity index (χ4n) is 1.96. The van der Waals surface area contributed by atoms with Crippen LogP contribution in [0.2, 0.25) is 0 Å². The molecule has 0 aliphatic rings. The lowest BCUT2D eigenvalue weighted by molar-refractivity contribution is 0.318. The number of nitrogens with two attached hydrogens (primary N) is 1. The molecule has 1 heterocycles. The fraction of sp³-hybridized carbons (Fsp3) is 0.200. The van der Waals surface area contributed by atoms with Crippen LogP contribution in [0.3, 0.4) is 0 Å². The predicted octanol–water partition coefficient (Wildman–Crippen LogP) is 1.47. The highest BCUT2D eigenvalue weighted by Crippen LogP contribution is 2.10. The van der Waals surface area contributed by atoms with E-state index in [1.807, 2.05) is 36.4 Å². The van der Waals surface area contributed by atoms with Gasteiger partial charge in [-0.2, -0.15) is 0 Å². The Balaban J connectivity index is 1.97. The first-order chi connectivity index (χ1) is 10.2. The van der Waals surface area contributed by atoms with Crippen molar-refractivity contribution in [3.63, 3.8) is 0 Å². The maximum absolute atomic E-state index is 8.79. The molecule has 0 amide bonds. The van der Waals surface area contributed by atoms with Crippen LogP contribution >= 0.6 is 0 Å². The minimum absolute atomic E-state index is 0.110. The monoisotopic (exact) mass is 286 g/mol. The van der Waals surface area contributed by atoms with Gasteiger partial charge in [0.2, 0.25) is 5.88 Å². The van der Waals surface area contributed by atoms with E-state index in [0.717, 1.165) is 16.7 Å². The molecule has 1 aromatic carbocycles. The quantitative estimate of drug-likeness (QED) is 0.324. The van der Waals surface area contributed by atoms with Crippen LogP contribution in [0.4, 0.5) is 0 Å². The second-order valence-corrected chi connectivity index (χ2v) is 4.45. The highest BCUT2D eigenvalue weighted by Gasteiger charge is 2.05. The molecule has 0 radical (unpaired) electrons. The largest absolute Gasteiger partial charge is 0.481 e. The Hall–Kier alpha value is -2.60. The second kappa shape index (κ2) is 7.25. The molecule has 0 saturated carbocycles. The lowest BCUT2D eigenvalue weighted by Gasteiger charge is -2.09. The van der Waals surface area contributed by atoms with E-state index in [1.54, 1.807) is 13.3 Å². The number of aromatic nitrogens is 1. The molecule has 0 bridgehead atoms. The number of rotatable bonds is 6. The molecule has 0 aliphatic carbocycles. The molecule has 21 heavy (non-hydrogen) atoms. The van der Waals surface area contributed by atoms with Crippen LogP contribution in [0.1, 0.15) is 16.7 Å². The molecule has 0 saturated heterocycles. The Morgan fingerprint density at radius 2 is 2.10 bits per heavy atom. The van der Waals surface area contributed by atoms with E-state index in [4.69, 9.17) is 15.7 Å². The summed E-state index contributed by atoms with van der Waals surface area (Å²) in [5, 5.41) is 15.1. The molecule has 0 aliphatic heterocycles. The SMILES string of the molecule is COc1ccc(CNCc2ccccc2C(N)=NO)cn1. The van der Waals surface area contributed by atoms with Crippen LogP contribution in [0, 0.1) is 0 Å². The molecule has 0 spiro atoms. The van der Waals surface area contributed by atoms with Gasteiger partial charge in [0.05, 0.1) is 7.11 Å². The molecule has 0 atom stereocenters. The lowest BCUT2D eigenvalue weighted by Crippen LogP contribution is -2.19. The number of oxime groups is 1. The third-order valence-electron chi connectivity index (χ3n) is 3.05. The first-order valence-electron chi connectivity index (χ1n) is 6.50. The summed E-state index contributed by atoms with van der Waals surface area (Å²) in [6.07, 6.45) is 1.77. The molecule has 1 aromatic heterocycles. The zero-order valence-corrected chi connectivity index (χ0v) is 11.8. The number of hydrogen-bond acceptors (Lipinski definition) is 5. The minimum Gasteiger partial charge on any atom is -0.481 e. The van der Waals surface area contributed by atoms with Gasteiger partial charge in [0, 0.05) is 30.9 Å². The van der Waals surface area contributed by atoms with Crippen molar-refractivity contribution >= 4 is 5.84 Å². The molecular weight excluding hydrogens is 268 g/mol. The second-order valence-electron chi connectivity index (χ2n) is 4.45. The third-order valence-corrected chi connectivity index (χ3v) is 3.05. The first kappa shape index (κ1) is 14.8. The summed E-state index contributed by atoms with van der Waals surface area (Å²) in [6, 6.07) is 11.3. The summed E-state index contributed by atoms with van der Waals surface area (Å²) in [5.41, 5.74) is 8.40. The van der Waals surface area contributed by atoms with Gasteiger partial charge in [-0.05, 0) is 11.1 Å². The number of ether oxygens (including phenoxy) is 1. The van der Waals surface area contributed by atoms with Crippen LogP contribution in [0.5, 0.6) is 5.88 Å². The predicted molar refractivity (Wildman–Crippen MR) is 80.3 cm³/mol. The third kappa shape index (κ3) is 3.93. The van der Waals surface area contributed by atoms with Crippen LogP contribution in [-0.2, 0) is 13.1 Å². The van der Waals surface area contributed by atoms with Gasteiger partial charge in [0.1, 0.15) is 0 Å². The van der Waals surface area contributed by atoms with Crippen LogP contribution < -0.4 is 15.8 Å². The van der Waals surface area contributed by atoms with Crippen LogP contribution in [-0.4, -0.2) is 23.1 Å². The Labute approximate surface area is 123 Å². The van der Waals surface area contributed by atoms with Gasteiger partial charge in [-0.15, -0.1) is 0 Å². The van der Waals surface area contributed by atoms with Gasteiger partial charge >= 0.3 is 0 Å². The normalized spacial score (nSPS) is 11.4. The standard InChI is InChI=1S/C15H18N4O2/c1-21-14-7-6-11(9-18-14)8-17-10-12-4-2-3-5-13(12)15(16)19-20/h2-7,9,17,20H,8,10H2,1H3,(H2,16,19). The van der Waals surface area contributed by atoms with Gasteiger partial charge in [-0.3, -0.25) is 0 Å². The van der Waals surface area contributed by atoms with Crippen molar-refractivity contribution in [2.24, 2.45) is 10.9 Å². The number of nitrogens with one attached hydrogen (secondary N) is 1. The van der Waals surface area contributed by atoms with E-state index in [2.05, 4.69) is 15.5 Å². The highest BCUT2D eigenvalue weighted by molar-refractivity contribution is 5.98. The van der Waals surface area contributed by atoms with E-state index in [0.29, 0.717) is 19.0 Å². The summed E-state index contributed by atoms with van der Waals surface area (Å²) in [7, 11) is 1.59. The Morgan fingerprint density at radius 3 is 2.76 bits per heavy atom. The molecule has 0 unspecified atom stereocenters. The lowest BCUT2D eigenvalue weighted by atomic mass is 10.1. The number of amidine groups is 1. The number of pyridine rings is 1. The number of hydrogen-bond donors (Lipinski definition) is 3. The first-order valence-corrected chi connectivity index (χ1v) is 6.50. The number of benzene rings is 1. The van der Waals surface area contributed by atoms with Gasteiger partial charge in [0.15, 0.2) is 5.84 Å². The van der Waals surface area contributed by atoms with Gasteiger partial charge in [0.25, 0.3) is 0 Å². The Kier molecular flexibility index (Phi) is 5.11. The number of nitrogens with zero attached hydrogens (tertiary/aromatic N) is 2. The zero-order chi connectivity index (χ0) is 15.1. The van der Waals surface area contributed by atoms with Crippen LogP contribution in [0.15, 0.2) is 47.8 Å². The van der Waals surface area contributed by atoms with Crippen molar-refractivity contribution in [2.45, 2.75) is 13.1 Å². The maximum atomic E-state index is 8.79. The smallest absolute Gasteiger partial charge is 0.212 e. The van der Waals surface area contributed by atoms with E-state index in [1.165, 1.54) is 0 Å². The van der Waals surface area contributed by atoms with E-state index < -0.39 is 0 Å². The summed E-state index contributed by atoms with van der Waals surface area (Å²) in [6.45, 7) is 1.28. The summed E-state index contributed by atoms with van der Waals surface area (Å²) in [4.78, 5) is 4.15. The Morgan fingerprint density at radius 1 is 1.29 bits per heavy atom. The van der Waals surface area contributed by atoms with E-state index in [-0.39, 0.29) is 5.84 Å². The molecule has 2 rings (SSSR count). The highest BCUT2D eigenvalue weighted by atomic mass is 16.5. The van der Waals surface area contributed by atoms with E-state index in [9.17, 15) is 0 Å². The van der Waals surface area contributed by atoms with Crippen molar-refractivity contribution in [1.82, 2.24) is 10.3 Å². The fourth-order valence-corrected chi connectivity index (χ4v) is 1.96. The summed E-state index contributed by atoms with van der Waals surface area (Å²) < 4.78 is 5.02. The topological polar surface area (TPSA) is 92.8 Å². The van der Waals surface area contributed by atoms with Crippen molar-refractivity contribution in [3.8, 4) is 5.88 Å². The van der Waals surface area contributed by atoms with Crippen molar-refractivity contribution in [1.29, 1.82) is 0 Å².